The number of benzene rings is 3. The van der Waals surface area contributed by atoms with Crippen LogP contribution in [0.2, 0.25) is 0 Å². The first-order chi connectivity index (χ1) is 18.6. The maximum atomic E-state index is 13.5. The summed E-state index contributed by atoms with van der Waals surface area (Å²) in [6.45, 7) is 3.14. The molecule has 0 aromatic heterocycles. The van der Waals surface area contributed by atoms with Gasteiger partial charge in [0.05, 0.1) is 13.7 Å². The second-order valence-electron chi connectivity index (χ2n) is 9.83. The third-order valence-corrected chi connectivity index (χ3v) is 7.19. The van der Waals surface area contributed by atoms with Gasteiger partial charge in [-0.1, -0.05) is 55.5 Å². The Morgan fingerprint density at radius 3 is 2.34 bits per heavy atom. The summed E-state index contributed by atoms with van der Waals surface area (Å²) in [5, 5.41) is 3.01. The number of ether oxygens (including phenoxy) is 3. The van der Waals surface area contributed by atoms with Crippen molar-refractivity contribution >= 4 is 11.7 Å². The van der Waals surface area contributed by atoms with Gasteiger partial charge in [-0.2, -0.15) is 0 Å². The molecule has 0 bridgehead atoms. The Bertz CT molecular complexity index is 1330. The minimum atomic E-state index is -0.318. The van der Waals surface area contributed by atoms with E-state index in [2.05, 4.69) is 12.2 Å². The van der Waals surface area contributed by atoms with Crippen molar-refractivity contribution in [3.05, 3.63) is 101 Å². The molecule has 3 aromatic carbocycles. The van der Waals surface area contributed by atoms with Crippen LogP contribution in [-0.2, 0) is 16.2 Å². The van der Waals surface area contributed by atoms with Crippen LogP contribution in [0.15, 0.2) is 84.1 Å². The largest absolute Gasteiger partial charge is 0.494 e. The lowest BCUT2D eigenvalue weighted by molar-refractivity contribution is -0.122. The number of carbonyl (C=O) groups is 2. The van der Waals surface area contributed by atoms with Crippen LogP contribution in [0, 0.1) is 0 Å². The monoisotopic (exact) mass is 511 g/mol. The lowest BCUT2D eigenvalue weighted by Gasteiger charge is -2.34. The molecule has 1 aliphatic heterocycles. The van der Waals surface area contributed by atoms with Crippen molar-refractivity contribution in [2.24, 2.45) is 0 Å². The number of allylic oxidation sites excluding steroid dienone is 2. The Morgan fingerprint density at radius 1 is 0.842 bits per heavy atom. The summed E-state index contributed by atoms with van der Waals surface area (Å²) in [6.07, 6.45) is 2.20. The maximum absolute atomic E-state index is 13.5. The molecule has 0 saturated heterocycles. The second-order valence-corrected chi connectivity index (χ2v) is 9.83. The van der Waals surface area contributed by atoms with E-state index in [1.54, 1.807) is 7.11 Å². The van der Waals surface area contributed by atoms with E-state index in [4.69, 9.17) is 14.2 Å². The highest BCUT2D eigenvalue weighted by Crippen LogP contribution is 2.44. The standard InChI is InChI=1S/C32H33NO5/c1-3-15-37-25-12-9-22(10-13-25)24-16-27-32(28(34)17-24)26(19-31(35)33-27)23-11-14-29(36-2)30(18-23)38-20-21-7-5-4-6-8-21/h4-14,18,24,26H,3,15-17,19-20H2,1-2H3,(H,33,35). The van der Waals surface area contributed by atoms with Crippen LogP contribution >= 0.6 is 0 Å². The molecule has 38 heavy (non-hydrogen) atoms. The van der Waals surface area contributed by atoms with Gasteiger partial charge in [-0.3, -0.25) is 9.59 Å². The molecule has 1 heterocycles. The summed E-state index contributed by atoms with van der Waals surface area (Å²) in [5.74, 6) is 1.73. The molecule has 1 aliphatic carbocycles. The van der Waals surface area contributed by atoms with Gasteiger partial charge in [-0.25, -0.2) is 0 Å². The molecule has 2 atom stereocenters. The lowest BCUT2D eigenvalue weighted by Crippen LogP contribution is -2.38. The average Bonchev–Trinajstić information content (AvgIpc) is 2.95. The van der Waals surface area contributed by atoms with E-state index in [-0.39, 0.29) is 29.9 Å². The number of ketones is 1. The highest BCUT2D eigenvalue weighted by molar-refractivity contribution is 6.02. The number of hydrogen-bond donors (Lipinski definition) is 1. The highest BCUT2D eigenvalue weighted by Gasteiger charge is 2.38. The quantitative estimate of drug-likeness (QED) is 0.378. The van der Waals surface area contributed by atoms with Gasteiger partial charge in [0.25, 0.3) is 0 Å². The molecule has 6 nitrogen and oxygen atoms in total. The Balaban J connectivity index is 1.39. The summed E-state index contributed by atoms with van der Waals surface area (Å²) in [5.41, 5.74) is 4.44. The zero-order valence-corrected chi connectivity index (χ0v) is 21.9. The molecule has 2 aliphatic rings. The normalized spacial score (nSPS) is 19.0. The molecule has 5 rings (SSSR count). The Hall–Kier alpha value is -4.06. The number of nitrogens with one attached hydrogen (secondary N) is 1. The summed E-state index contributed by atoms with van der Waals surface area (Å²) in [4.78, 5) is 26.3. The van der Waals surface area contributed by atoms with E-state index in [0.29, 0.717) is 43.1 Å². The molecule has 6 heteroatoms. The number of amides is 1. The molecule has 1 N–H and O–H groups in total. The molecule has 196 valence electrons. The van der Waals surface area contributed by atoms with Gasteiger partial charge >= 0.3 is 0 Å². The number of hydrogen-bond acceptors (Lipinski definition) is 5. The topological polar surface area (TPSA) is 73.9 Å². The number of Topliss-reactive ketones (excluding diaryl/α,β-unsaturated/α-hetero) is 1. The van der Waals surface area contributed by atoms with Crippen LogP contribution in [0.1, 0.15) is 61.1 Å². The first-order valence-corrected chi connectivity index (χ1v) is 13.2. The summed E-state index contributed by atoms with van der Waals surface area (Å²) >= 11 is 0. The van der Waals surface area contributed by atoms with E-state index in [0.717, 1.165) is 34.6 Å². The van der Waals surface area contributed by atoms with Crippen LogP contribution < -0.4 is 19.5 Å². The number of methoxy groups -OCH3 is 1. The predicted octanol–water partition coefficient (Wildman–Crippen LogP) is 6.07. The van der Waals surface area contributed by atoms with Crippen LogP contribution in [0.3, 0.4) is 0 Å². The maximum Gasteiger partial charge on any atom is 0.225 e. The fourth-order valence-corrected chi connectivity index (χ4v) is 5.29. The van der Waals surface area contributed by atoms with Gasteiger partial charge in [0.1, 0.15) is 12.4 Å². The van der Waals surface area contributed by atoms with E-state index < -0.39 is 0 Å². The van der Waals surface area contributed by atoms with Crippen molar-refractivity contribution in [3.63, 3.8) is 0 Å². The predicted molar refractivity (Wildman–Crippen MR) is 146 cm³/mol. The second kappa shape index (κ2) is 11.5. The van der Waals surface area contributed by atoms with Crippen LogP contribution in [0.4, 0.5) is 0 Å². The van der Waals surface area contributed by atoms with E-state index in [9.17, 15) is 9.59 Å². The number of rotatable bonds is 9. The highest BCUT2D eigenvalue weighted by atomic mass is 16.5. The lowest BCUT2D eigenvalue weighted by atomic mass is 9.73. The molecule has 0 fully saturated rings. The van der Waals surface area contributed by atoms with Crippen molar-refractivity contribution in [2.75, 3.05) is 13.7 Å². The van der Waals surface area contributed by atoms with E-state index >= 15 is 0 Å². The van der Waals surface area contributed by atoms with Crippen LogP contribution in [0.5, 0.6) is 17.2 Å². The first-order valence-electron chi connectivity index (χ1n) is 13.2. The van der Waals surface area contributed by atoms with Crippen molar-refractivity contribution in [2.45, 2.75) is 51.0 Å². The summed E-state index contributed by atoms with van der Waals surface area (Å²) in [7, 11) is 1.60. The molecular weight excluding hydrogens is 478 g/mol. The van der Waals surface area contributed by atoms with Crippen molar-refractivity contribution in [1.82, 2.24) is 5.32 Å². The fourth-order valence-electron chi connectivity index (χ4n) is 5.29. The molecule has 3 aromatic rings. The average molecular weight is 512 g/mol. The van der Waals surface area contributed by atoms with Gasteiger partial charge in [-0.15, -0.1) is 0 Å². The van der Waals surface area contributed by atoms with Crippen molar-refractivity contribution < 1.29 is 23.8 Å². The molecule has 0 radical (unpaired) electrons. The zero-order chi connectivity index (χ0) is 26.5. The summed E-state index contributed by atoms with van der Waals surface area (Å²) < 4.78 is 17.3. The third kappa shape index (κ3) is 5.59. The molecule has 1 amide bonds. The van der Waals surface area contributed by atoms with Crippen molar-refractivity contribution in [1.29, 1.82) is 0 Å². The van der Waals surface area contributed by atoms with E-state index in [1.165, 1.54) is 0 Å². The Labute approximate surface area is 223 Å². The van der Waals surface area contributed by atoms with Gasteiger partial charge in [0, 0.05) is 30.0 Å². The molecular formula is C32H33NO5. The van der Waals surface area contributed by atoms with Gasteiger partial charge in [0.15, 0.2) is 17.3 Å². The third-order valence-electron chi connectivity index (χ3n) is 7.19. The SMILES string of the molecule is CCCOc1ccc(C2CC(=O)C3=C(C2)NC(=O)CC3c2ccc(OC)c(OCc3ccccc3)c2)cc1. The summed E-state index contributed by atoms with van der Waals surface area (Å²) in [6, 6.07) is 23.5. The van der Waals surface area contributed by atoms with Crippen LogP contribution in [0.25, 0.3) is 0 Å². The Morgan fingerprint density at radius 2 is 1.61 bits per heavy atom. The zero-order valence-electron chi connectivity index (χ0n) is 21.9. The molecule has 0 spiro atoms. The minimum Gasteiger partial charge on any atom is -0.494 e. The Kier molecular flexibility index (Phi) is 7.78. The smallest absolute Gasteiger partial charge is 0.225 e. The van der Waals surface area contributed by atoms with E-state index in [1.807, 2.05) is 72.8 Å². The minimum absolute atomic E-state index is 0.0150. The first kappa shape index (κ1) is 25.6. The van der Waals surface area contributed by atoms with Gasteiger partial charge < -0.3 is 19.5 Å². The van der Waals surface area contributed by atoms with Gasteiger partial charge in [0.2, 0.25) is 5.91 Å². The number of carbonyl (C=O) groups excluding carboxylic acids is 2. The fraction of sp³-hybridized carbons (Fsp3) is 0.312. The van der Waals surface area contributed by atoms with Crippen LogP contribution in [-0.4, -0.2) is 25.4 Å². The molecule has 2 unspecified atom stereocenters. The van der Waals surface area contributed by atoms with Gasteiger partial charge in [-0.05, 0) is 59.7 Å². The van der Waals surface area contributed by atoms with Crippen molar-refractivity contribution in [3.8, 4) is 17.2 Å². The molecule has 0 saturated carbocycles.